The van der Waals surface area contributed by atoms with Crippen LogP contribution in [0, 0.1) is 11.8 Å². The second-order valence-electron chi connectivity index (χ2n) is 17.8. The topological polar surface area (TPSA) is 193 Å². The highest BCUT2D eigenvalue weighted by Gasteiger charge is 2.23. The average Bonchev–Trinajstić information content (AvgIpc) is 3.31. The maximum absolute atomic E-state index is 13.5. The highest BCUT2D eigenvalue weighted by atomic mass is 16.6. The van der Waals surface area contributed by atoms with Crippen LogP contribution in [0.15, 0.2) is 0 Å². The number of nitrogens with zero attached hydrogens (tertiary/aromatic N) is 2. The van der Waals surface area contributed by atoms with E-state index in [4.69, 9.17) is 28.4 Å². The summed E-state index contributed by atoms with van der Waals surface area (Å²) in [6.45, 7) is 7.11. The molecule has 0 fully saturated rings. The minimum absolute atomic E-state index is 0.00545. The molecular formula is C51H93N3O13. The highest BCUT2D eigenvalue weighted by molar-refractivity contribution is 5.75. The number of urea groups is 1. The van der Waals surface area contributed by atoms with Gasteiger partial charge >= 0.3 is 35.9 Å². The fourth-order valence-corrected chi connectivity index (χ4v) is 7.30. The molecule has 16 nitrogen and oxygen atoms in total. The van der Waals surface area contributed by atoms with Gasteiger partial charge in [0.25, 0.3) is 6.47 Å². The van der Waals surface area contributed by atoms with Crippen LogP contribution in [0.1, 0.15) is 194 Å². The molecule has 0 aromatic carbocycles. The molecule has 0 aliphatic rings. The summed E-state index contributed by atoms with van der Waals surface area (Å²) in [5.41, 5.74) is 0. The maximum atomic E-state index is 13.5. The predicted octanol–water partition coefficient (Wildman–Crippen LogP) is 9.27. The largest absolute Gasteiger partial charge is 0.467 e. The maximum Gasteiger partial charge on any atom is 0.319 e. The van der Waals surface area contributed by atoms with Gasteiger partial charge in [-0.3, -0.25) is 28.8 Å². The van der Waals surface area contributed by atoms with Gasteiger partial charge in [0.2, 0.25) is 0 Å². The van der Waals surface area contributed by atoms with Crippen molar-refractivity contribution in [1.29, 1.82) is 0 Å². The van der Waals surface area contributed by atoms with E-state index in [0.29, 0.717) is 19.5 Å². The average molecular weight is 956 g/mol. The van der Waals surface area contributed by atoms with Crippen molar-refractivity contribution in [2.24, 2.45) is 11.8 Å². The lowest BCUT2D eigenvalue weighted by Crippen LogP contribution is -2.45. The number of amides is 2. The molecule has 0 saturated heterocycles. The Hall–Kier alpha value is -3.95. The number of hydrogen-bond acceptors (Lipinski definition) is 14. The number of nitrogens with one attached hydrogen (secondary N) is 1. The van der Waals surface area contributed by atoms with Gasteiger partial charge in [-0.05, 0) is 39.3 Å². The zero-order valence-electron chi connectivity index (χ0n) is 42.6. The van der Waals surface area contributed by atoms with Crippen molar-refractivity contribution in [1.82, 2.24) is 15.1 Å². The van der Waals surface area contributed by atoms with Crippen LogP contribution >= 0.6 is 0 Å². The van der Waals surface area contributed by atoms with Gasteiger partial charge < -0.3 is 43.5 Å². The summed E-state index contributed by atoms with van der Waals surface area (Å²) in [7, 11) is 3.48. The van der Waals surface area contributed by atoms with Crippen molar-refractivity contribution in [3.63, 3.8) is 0 Å². The van der Waals surface area contributed by atoms with Crippen LogP contribution in [0.25, 0.3) is 0 Å². The molecule has 1 N–H and O–H groups in total. The van der Waals surface area contributed by atoms with Crippen molar-refractivity contribution < 1.29 is 62.0 Å². The van der Waals surface area contributed by atoms with E-state index in [1.54, 1.807) is 7.05 Å². The zero-order chi connectivity index (χ0) is 49.6. The van der Waals surface area contributed by atoms with Crippen molar-refractivity contribution in [2.45, 2.75) is 194 Å². The summed E-state index contributed by atoms with van der Waals surface area (Å²) in [5, 5.41) is 3.05. The number of carbonyl (C=O) groups is 7. The van der Waals surface area contributed by atoms with Gasteiger partial charge in [0, 0.05) is 44.7 Å². The van der Waals surface area contributed by atoms with Gasteiger partial charge in [-0.1, -0.05) is 136 Å². The van der Waals surface area contributed by atoms with Gasteiger partial charge in [-0.15, -0.1) is 0 Å². The van der Waals surface area contributed by atoms with E-state index >= 15 is 0 Å². The van der Waals surface area contributed by atoms with E-state index in [1.165, 1.54) is 67.6 Å². The SMILES string of the molecule is CCCCCCCCCC(=O)OCC(COC=O)CC(=O)OCCN(CCOC(=O)CC(COC(=O)CCCCCCCCC)COC(=O)CCCCCCCCC)C(=O)N(C)CCCNC. The molecule has 0 bridgehead atoms. The Bertz CT molecular complexity index is 1250. The van der Waals surface area contributed by atoms with Crippen LogP contribution in [0.2, 0.25) is 0 Å². The second-order valence-corrected chi connectivity index (χ2v) is 17.8. The van der Waals surface area contributed by atoms with Crippen LogP contribution < -0.4 is 5.32 Å². The van der Waals surface area contributed by atoms with Crippen molar-refractivity contribution >= 4 is 42.3 Å². The van der Waals surface area contributed by atoms with E-state index in [0.717, 1.165) is 77.0 Å². The molecule has 0 radical (unpaired) electrons. The first-order valence-corrected chi connectivity index (χ1v) is 26.0. The molecule has 67 heavy (non-hydrogen) atoms. The van der Waals surface area contributed by atoms with Crippen LogP contribution in [0.3, 0.4) is 0 Å². The third-order valence-corrected chi connectivity index (χ3v) is 11.5. The molecule has 0 rings (SSSR count). The van der Waals surface area contributed by atoms with Crippen LogP contribution in [-0.2, 0) is 57.2 Å². The summed E-state index contributed by atoms with van der Waals surface area (Å²) < 4.78 is 32.4. The summed E-state index contributed by atoms with van der Waals surface area (Å²) in [5.74, 6) is -3.57. The Kier molecular flexibility index (Phi) is 43.1. The van der Waals surface area contributed by atoms with Gasteiger partial charge in [-0.2, -0.15) is 0 Å². The van der Waals surface area contributed by atoms with Crippen molar-refractivity contribution in [2.75, 3.05) is 79.9 Å². The third kappa shape index (κ3) is 39.7. The fraction of sp³-hybridized carbons (Fsp3) is 0.863. The Balaban J connectivity index is 5.35. The first-order valence-electron chi connectivity index (χ1n) is 26.0. The second kappa shape index (κ2) is 45.8. The Morgan fingerprint density at radius 2 is 0.821 bits per heavy atom. The Labute approximate surface area is 404 Å². The first kappa shape index (κ1) is 63.0. The molecule has 0 aromatic rings. The summed E-state index contributed by atoms with van der Waals surface area (Å²) in [4.78, 5) is 91.1. The van der Waals surface area contributed by atoms with E-state index < -0.39 is 23.8 Å². The molecule has 0 aliphatic heterocycles. The van der Waals surface area contributed by atoms with Crippen LogP contribution in [-0.4, -0.2) is 132 Å². The quantitative estimate of drug-likeness (QED) is 0.0262. The first-order chi connectivity index (χ1) is 32.5. The molecule has 0 spiro atoms. The number of esters is 5. The van der Waals surface area contributed by atoms with Gasteiger partial charge in [-0.25, -0.2) is 4.79 Å². The van der Waals surface area contributed by atoms with Crippen LogP contribution in [0.5, 0.6) is 0 Å². The lowest BCUT2D eigenvalue weighted by molar-refractivity contribution is -0.155. The van der Waals surface area contributed by atoms with E-state index in [9.17, 15) is 33.6 Å². The fourth-order valence-electron chi connectivity index (χ4n) is 7.30. The molecule has 0 saturated carbocycles. The summed E-state index contributed by atoms with van der Waals surface area (Å²) >= 11 is 0. The normalized spacial score (nSPS) is 11.4. The molecule has 390 valence electrons. The number of unbranched alkanes of at least 4 members (excludes halogenated alkanes) is 18. The summed E-state index contributed by atoms with van der Waals surface area (Å²) in [6, 6.07) is -0.355. The van der Waals surface area contributed by atoms with Crippen molar-refractivity contribution in [3.05, 3.63) is 0 Å². The molecule has 0 heterocycles. The Morgan fingerprint density at radius 3 is 1.18 bits per heavy atom. The smallest absolute Gasteiger partial charge is 0.319 e. The van der Waals surface area contributed by atoms with Gasteiger partial charge in [0.05, 0.1) is 52.4 Å². The molecule has 16 heteroatoms. The molecule has 0 aromatic heterocycles. The molecule has 0 aliphatic carbocycles. The molecule has 1 atom stereocenters. The van der Waals surface area contributed by atoms with Crippen LogP contribution in [0.4, 0.5) is 4.79 Å². The van der Waals surface area contributed by atoms with E-state index in [-0.39, 0.29) is 115 Å². The minimum Gasteiger partial charge on any atom is -0.467 e. The molecular weight excluding hydrogens is 863 g/mol. The van der Waals surface area contributed by atoms with Gasteiger partial charge in [0.1, 0.15) is 13.2 Å². The minimum atomic E-state index is -0.624. The van der Waals surface area contributed by atoms with Gasteiger partial charge in [0.15, 0.2) is 0 Å². The number of carbonyl (C=O) groups excluding carboxylic acids is 7. The standard InChI is InChI=1S/C51H93N3O13/c1-6-9-12-15-18-21-24-28-46(56)65-40-44(39-62-43-55)37-49(59)63-35-33-54(51(61)53(5)32-27-31-52-4)34-36-64-50(60)38-45(41-66-47(57)29-25-22-19-16-13-10-7-2)42-67-48(58)30-26-23-20-17-14-11-8-3/h43-45,52H,6-42H2,1-5H3. The molecule has 2 amide bonds. The highest BCUT2D eigenvalue weighted by Crippen LogP contribution is 2.15. The Morgan fingerprint density at radius 1 is 0.463 bits per heavy atom. The lowest BCUT2D eigenvalue weighted by Gasteiger charge is -2.28. The number of hydrogen-bond donors (Lipinski definition) is 1. The van der Waals surface area contributed by atoms with E-state index in [2.05, 4.69) is 26.1 Å². The number of ether oxygens (including phenoxy) is 6. The predicted molar refractivity (Wildman–Crippen MR) is 259 cm³/mol. The third-order valence-electron chi connectivity index (χ3n) is 11.5. The lowest BCUT2D eigenvalue weighted by atomic mass is 10.1. The monoisotopic (exact) mass is 956 g/mol. The van der Waals surface area contributed by atoms with E-state index in [1.807, 2.05) is 7.05 Å². The summed E-state index contributed by atoms with van der Waals surface area (Å²) in [6.07, 6.45) is 23.5. The van der Waals surface area contributed by atoms with Crippen molar-refractivity contribution in [3.8, 4) is 0 Å². The number of rotatable bonds is 47. The molecule has 1 unspecified atom stereocenters. The zero-order valence-corrected chi connectivity index (χ0v) is 42.6.